The van der Waals surface area contributed by atoms with E-state index < -0.39 is 28.0 Å². The predicted molar refractivity (Wildman–Crippen MR) is 114 cm³/mol. The molecule has 7 nitrogen and oxygen atoms in total. The SMILES string of the molecule is CC(OC(=O)c1cc(S(=O)(=O)NC2CC2)c(Cl)cc1Cl)C(=O)NC1CCCCC1C. The van der Waals surface area contributed by atoms with Crippen LogP contribution in [0, 0.1) is 5.92 Å². The normalized spacial score (nSPS) is 22.9. The molecule has 0 aromatic heterocycles. The van der Waals surface area contributed by atoms with Gasteiger partial charge in [0.25, 0.3) is 5.91 Å². The predicted octanol–water partition coefficient (Wildman–Crippen LogP) is 3.67. The topological polar surface area (TPSA) is 102 Å². The molecule has 0 bridgehead atoms. The molecule has 30 heavy (non-hydrogen) atoms. The van der Waals surface area contributed by atoms with Crippen LogP contribution in [0.5, 0.6) is 0 Å². The van der Waals surface area contributed by atoms with Crippen molar-refractivity contribution in [1.29, 1.82) is 0 Å². The van der Waals surface area contributed by atoms with Crippen LogP contribution in [0.1, 0.15) is 62.7 Å². The molecule has 3 unspecified atom stereocenters. The van der Waals surface area contributed by atoms with Crippen molar-refractivity contribution in [2.45, 2.75) is 75.5 Å². The van der Waals surface area contributed by atoms with Crippen LogP contribution < -0.4 is 10.0 Å². The molecule has 2 aliphatic carbocycles. The second kappa shape index (κ2) is 9.42. The first-order valence-electron chi connectivity index (χ1n) is 10.1. The van der Waals surface area contributed by atoms with Gasteiger partial charge in [0.05, 0.1) is 15.6 Å². The molecule has 0 radical (unpaired) electrons. The number of amides is 1. The molecule has 0 saturated heterocycles. The fourth-order valence-electron chi connectivity index (χ4n) is 3.48. The van der Waals surface area contributed by atoms with Gasteiger partial charge >= 0.3 is 5.97 Å². The van der Waals surface area contributed by atoms with Crippen LogP contribution in [0.3, 0.4) is 0 Å². The highest BCUT2D eigenvalue weighted by atomic mass is 35.5. The van der Waals surface area contributed by atoms with Gasteiger partial charge in [-0.3, -0.25) is 4.79 Å². The highest BCUT2D eigenvalue weighted by Gasteiger charge is 2.31. The summed E-state index contributed by atoms with van der Waals surface area (Å²) in [6.07, 6.45) is 4.60. The minimum atomic E-state index is -3.90. The first-order valence-corrected chi connectivity index (χ1v) is 12.3. The van der Waals surface area contributed by atoms with Crippen molar-refractivity contribution < 1.29 is 22.7 Å². The number of rotatable bonds is 7. The lowest BCUT2D eigenvalue weighted by atomic mass is 9.86. The number of esters is 1. The second-order valence-corrected chi connectivity index (χ2v) is 10.6. The summed E-state index contributed by atoms with van der Waals surface area (Å²) in [5.74, 6) is -0.919. The van der Waals surface area contributed by atoms with Gasteiger partial charge in [-0.1, -0.05) is 43.0 Å². The highest BCUT2D eigenvalue weighted by molar-refractivity contribution is 7.89. The Kier molecular flexibility index (Phi) is 7.32. The number of nitrogens with one attached hydrogen (secondary N) is 2. The summed E-state index contributed by atoms with van der Waals surface area (Å²) in [6.45, 7) is 3.56. The van der Waals surface area contributed by atoms with E-state index in [1.54, 1.807) is 0 Å². The molecule has 0 aliphatic heterocycles. The monoisotopic (exact) mass is 476 g/mol. The number of carbonyl (C=O) groups excluding carboxylic acids is 2. The smallest absolute Gasteiger partial charge is 0.340 e. The number of carbonyl (C=O) groups is 2. The van der Waals surface area contributed by atoms with Crippen LogP contribution in [0.4, 0.5) is 0 Å². The maximum absolute atomic E-state index is 12.6. The quantitative estimate of drug-likeness (QED) is 0.584. The van der Waals surface area contributed by atoms with Crippen LogP contribution in [0.25, 0.3) is 0 Å². The number of benzene rings is 1. The summed E-state index contributed by atoms with van der Waals surface area (Å²) >= 11 is 12.2. The average Bonchev–Trinajstić information content (AvgIpc) is 3.46. The van der Waals surface area contributed by atoms with Gasteiger partial charge in [0.2, 0.25) is 10.0 Å². The van der Waals surface area contributed by atoms with Gasteiger partial charge in [-0.25, -0.2) is 17.9 Å². The third-order valence-corrected chi connectivity index (χ3v) is 7.82. The van der Waals surface area contributed by atoms with Gasteiger partial charge in [0.1, 0.15) is 4.90 Å². The van der Waals surface area contributed by atoms with E-state index in [9.17, 15) is 18.0 Å². The summed E-state index contributed by atoms with van der Waals surface area (Å²) in [4.78, 5) is 24.8. The molecule has 2 N–H and O–H groups in total. The van der Waals surface area contributed by atoms with Crippen LogP contribution in [-0.2, 0) is 19.6 Å². The van der Waals surface area contributed by atoms with Crippen molar-refractivity contribution >= 4 is 45.1 Å². The van der Waals surface area contributed by atoms with Crippen molar-refractivity contribution in [3.8, 4) is 0 Å². The van der Waals surface area contributed by atoms with E-state index >= 15 is 0 Å². The molecule has 1 amide bonds. The van der Waals surface area contributed by atoms with Crippen molar-refractivity contribution in [2.24, 2.45) is 5.92 Å². The Balaban J connectivity index is 1.71. The Hall–Kier alpha value is -1.35. The van der Waals surface area contributed by atoms with Gasteiger partial charge in [-0.05, 0) is 50.7 Å². The Morgan fingerprint density at radius 1 is 1.10 bits per heavy atom. The minimum Gasteiger partial charge on any atom is -0.449 e. The molecule has 2 saturated carbocycles. The summed E-state index contributed by atoms with van der Waals surface area (Å²) < 4.78 is 32.8. The fourth-order valence-corrected chi connectivity index (χ4v) is 5.64. The highest BCUT2D eigenvalue weighted by Crippen LogP contribution is 2.31. The first-order chi connectivity index (χ1) is 14.1. The van der Waals surface area contributed by atoms with Gasteiger partial charge in [0.15, 0.2) is 6.10 Å². The van der Waals surface area contributed by atoms with Crippen LogP contribution >= 0.6 is 23.2 Å². The van der Waals surface area contributed by atoms with E-state index in [1.807, 2.05) is 0 Å². The lowest BCUT2D eigenvalue weighted by Gasteiger charge is -2.30. The molecule has 10 heteroatoms. The fraction of sp³-hybridized carbons (Fsp3) is 0.600. The summed E-state index contributed by atoms with van der Waals surface area (Å²) in [5.41, 5.74) is -0.164. The van der Waals surface area contributed by atoms with E-state index in [0.717, 1.165) is 44.6 Å². The van der Waals surface area contributed by atoms with Gasteiger partial charge < -0.3 is 10.1 Å². The zero-order chi connectivity index (χ0) is 22.1. The van der Waals surface area contributed by atoms with Crippen molar-refractivity contribution in [3.05, 3.63) is 27.7 Å². The Morgan fingerprint density at radius 2 is 1.77 bits per heavy atom. The molecule has 3 rings (SSSR count). The Morgan fingerprint density at radius 3 is 2.40 bits per heavy atom. The van der Waals surface area contributed by atoms with Crippen LogP contribution in [-0.4, -0.2) is 38.5 Å². The van der Waals surface area contributed by atoms with E-state index in [4.69, 9.17) is 27.9 Å². The van der Waals surface area contributed by atoms with E-state index in [0.29, 0.717) is 5.92 Å². The number of halogens is 2. The summed E-state index contributed by atoms with van der Waals surface area (Å²) in [7, 11) is -3.90. The maximum atomic E-state index is 12.6. The Bertz CT molecular complexity index is 933. The minimum absolute atomic E-state index is 0.0520. The molecule has 3 atom stereocenters. The molecule has 1 aromatic rings. The zero-order valence-corrected chi connectivity index (χ0v) is 19.2. The van der Waals surface area contributed by atoms with Crippen molar-refractivity contribution in [2.75, 3.05) is 0 Å². The number of hydrogen-bond acceptors (Lipinski definition) is 5. The average molecular weight is 477 g/mol. The lowest BCUT2D eigenvalue weighted by molar-refractivity contribution is -0.130. The maximum Gasteiger partial charge on any atom is 0.340 e. The number of sulfonamides is 1. The number of hydrogen-bond donors (Lipinski definition) is 2. The van der Waals surface area contributed by atoms with Gasteiger partial charge in [-0.15, -0.1) is 0 Å². The summed E-state index contributed by atoms with van der Waals surface area (Å²) in [5, 5.41) is 2.79. The van der Waals surface area contributed by atoms with E-state index in [-0.39, 0.29) is 32.6 Å². The third-order valence-electron chi connectivity index (χ3n) is 5.52. The Labute approximate surface area is 186 Å². The lowest BCUT2D eigenvalue weighted by Crippen LogP contribution is -2.46. The largest absolute Gasteiger partial charge is 0.449 e. The van der Waals surface area contributed by atoms with Crippen LogP contribution in [0.2, 0.25) is 10.0 Å². The molecular formula is C20H26Cl2N2O5S. The van der Waals surface area contributed by atoms with Crippen molar-refractivity contribution in [3.63, 3.8) is 0 Å². The van der Waals surface area contributed by atoms with E-state index in [1.165, 1.54) is 13.0 Å². The van der Waals surface area contributed by atoms with Gasteiger partial charge in [-0.2, -0.15) is 0 Å². The molecule has 0 heterocycles. The summed E-state index contributed by atoms with van der Waals surface area (Å²) in [6, 6.07) is 2.21. The first kappa shape index (κ1) is 23.3. The second-order valence-electron chi connectivity index (χ2n) is 8.08. The van der Waals surface area contributed by atoms with Crippen molar-refractivity contribution in [1.82, 2.24) is 10.0 Å². The third kappa shape index (κ3) is 5.66. The van der Waals surface area contributed by atoms with Gasteiger partial charge in [0, 0.05) is 12.1 Å². The molecule has 2 aliphatic rings. The number of ether oxygens (including phenoxy) is 1. The molecular weight excluding hydrogens is 451 g/mol. The van der Waals surface area contributed by atoms with E-state index in [2.05, 4.69) is 17.0 Å². The molecule has 166 valence electrons. The molecule has 1 aromatic carbocycles. The standard InChI is InChI=1S/C20H26Cl2N2O5S/c1-11-5-3-4-6-17(11)23-19(25)12(2)29-20(26)14-9-18(16(22)10-15(14)21)30(27,28)24-13-7-8-13/h9-13,17,24H,3-8H2,1-2H3,(H,23,25). The molecule has 0 spiro atoms. The van der Waals surface area contributed by atoms with Crippen LogP contribution in [0.15, 0.2) is 17.0 Å². The zero-order valence-electron chi connectivity index (χ0n) is 16.9. The molecule has 2 fully saturated rings.